The maximum absolute atomic E-state index is 5.83. The Hall–Kier alpha value is -1.38. The molecule has 0 aliphatic rings. The summed E-state index contributed by atoms with van der Waals surface area (Å²) >= 11 is 0. The Labute approximate surface area is 111 Å². The smallest absolute Gasteiger partial charge is 0.205 e. The molecule has 0 aliphatic carbocycles. The zero-order chi connectivity index (χ0) is 13.0. The Morgan fingerprint density at radius 3 is 2.17 bits per heavy atom. The maximum atomic E-state index is 5.83. The summed E-state index contributed by atoms with van der Waals surface area (Å²) < 4.78 is 5.83. The van der Waals surface area contributed by atoms with E-state index in [-0.39, 0.29) is 0 Å². The summed E-state index contributed by atoms with van der Waals surface area (Å²) in [4.78, 5) is 0. The molecule has 0 bridgehead atoms. The third-order valence-electron chi connectivity index (χ3n) is 2.97. The fourth-order valence-corrected chi connectivity index (χ4v) is 2.45. The van der Waals surface area contributed by atoms with E-state index in [1.165, 1.54) is 22.3 Å². The Bertz CT molecular complexity index is 520. The molecule has 0 saturated heterocycles. The zero-order valence-electron chi connectivity index (χ0n) is 11.2. The van der Waals surface area contributed by atoms with E-state index in [9.17, 15) is 0 Å². The fourth-order valence-electron chi connectivity index (χ4n) is 2.01. The molecule has 0 aromatic heterocycles. The van der Waals surface area contributed by atoms with Crippen molar-refractivity contribution in [3.05, 3.63) is 59.7 Å². The van der Waals surface area contributed by atoms with Crippen molar-refractivity contribution in [1.82, 2.24) is 0 Å². The van der Waals surface area contributed by atoms with Crippen molar-refractivity contribution in [3.63, 3.8) is 0 Å². The zero-order valence-corrected chi connectivity index (χ0v) is 12.2. The fraction of sp³-hybridized carbons (Fsp3) is 0.250. The van der Waals surface area contributed by atoms with Crippen LogP contribution in [0.25, 0.3) is 11.1 Å². The van der Waals surface area contributed by atoms with Crippen LogP contribution in [0.2, 0.25) is 13.1 Å². The van der Waals surface area contributed by atoms with Gasteiger partial charge in [0.1, 0.15) is 0 Å². The first-order valence-corrected chi connectivity index (χ1v) is 8.66. The molecule has 0 heterocycles. The highest BCUT2D eigenvalue weighted by atomic mass is 28.3. The first-order chi connectivity index (χ1) is 8.68. The van der Waals surface area contributed by atoms with E-state index in [4.69, 9.17) is 4.43 Å². The minimum atomic E-state index is -0.640. The van der Waals surface area contributed by atoms with Gasteiger partial charge in [0.25, 0.3) is 0 Å². The monoisotopic (exact) mass is 255 g/mol. The van der Waals surface area contributed by atoms with Gasteiger partial charge in [-0.05, 0) is 42.3 Å². The van der Waals surface area contributed by atoms with E-state index in [2.05, 4.69) is 68.5 Å². The first kappa shape index (κ1) is 13.1. The lowest BCUT2D eigenvalue weighted by Gasteiger charge is -2.13. The third kappa shape index (κ3) is 3.09. The van der Waals surface area contributed by atoms with Crippen molar-refractivity contribution >= 4 is 9.04 Å². The molecule has 0 unspecified atom stereocenters. The summed E-state index contributed by atoms with van der Waals surface area (Å²) in [7, 11) is -0.640. The number of rotatable bonds is 4. The van der Waals surface area contributed by atoms with E-state index < -0.39 is 9.04 Å². The molecule has 0 spiro atoms. The lowest BCUT2D eigenvalue weighted by atomic mass is 9.96. The van der Waals surface area contributed by atoms with Gasteiger partial charge in [0.2, 0.25) is 9.04 Å². The van der Waals surface area contributed by atoms with Gasteiger partial charge in [-0.1, -0.05) is 48.5 Å². The van der Waals surface area contributed by atoms with Crippen LogP contribution < -0.4 is 0 Å². The Kier molecular flexibility index (Phi) is 4.34. The van der Waals surface area contributed by atoms with Crippen LogP contribution in [-0.4, -0.2) is 9.04 Å². The van der Waals surface area contributed by atoms with Gasteiger partial charge in [-0.2, -0.15) is 0 Å². The number of aryl methyl sites for hydroxylation is 1. The van der Waals surface area contributed by atoms with Crippen molar-refractivity contribution in [1.29, 1.82) is 0 Å². The normalized spacial score (nSPS) is 10.9. The molecule has 2 rings (SSSR count). The van der Waals surface area contributed by atoms with Crippen LogP contribution in [0, 0.1) is 6.92 Å². The van der Waals surface area contributed by atoms with E-state index in [0.717, 1.165) is 0 Å². The molecule has 2 aromatic rings. The molecule has 0 fully saturated rings. The molecular formula is C16H19OSi. The third-order valence-corrected chi connectivity index (χ3v) is 3.69. The summed E-state index contributed by atoms with van der Waals surface area (Å²) in [6.45, 7) is 7.20. The second-order valence-electron chi connectivity index (χ2n) is 4.67. The van der Waals surface area contributed by atoms with Crippen molar-refractivity contribution in [2.75, 3.05) is 0 Å². The lowest BCUT2D eigenvalue weighted by molar-refractivity contribution is 0.315. The van der Waals surface area contributed by atoms with Crippen LogP contribution >= 0.6 is 0 Å². The molecule has 0 saturated carbocycles. The lowest BCUT2D eigenvalue weighted by Crippen LogP contribution is -2.07. The summed E-state index contributed by atoms with van der Waals surface area (Å²) in [5.41, 5.74) is 5.18. The van der Waals surface area contributed by atoms with Crippen LogP contribution in [0.3, 0.4) is 0 Å². The Morgan fingerprint density at radius 1 is 0.889 bits per heavy atom. The van der Waals surface area contributed by atoms with E-state index in [0.29, 0.717) is 6.61 Å². The largest absolute Gasteiger partial charge is 0.413 e. The van der Waals surface area contributed by atoms with Crippen molar-refractivity contribution in [2.24, 2.45) is 0 Å². The van der Waals surface area contributed by atoms with E-state index in [1.807, 2.05) is 0 Å². The molecule has 2 aromatic carbocycles. The molecule has 0 atom stereocenters. The predicted molar refractivity (Wildman–Crippen MR) is 78.9 cm³/mol. The minimum absolute atomic E-state index is 0.640. The number of benzene rings is 2. The van der Waals surface area contributed by atoms with Crippen LogP contribution in [0.5, 0.6) is 0 Å². The molecule has 0 amide bonds. The topological polar surface area (TPSA) is 9.23 Å². The first-order valence-electron chi connectivity index (χ1n) is 6.25. The highest BCUT2D eigenvalue weighted by Crippen LogP contribution is 2.27. The summed E-state index contributed by atoms with van der Waals surface area (Å²) in [6.07, 6.45) is 0. The summed E-state index contributed by atoms with van der Waals surface area (Å²) in [5.74, 6) is 0. The standard InChI is InChI=1S/C16H19OSi/c1-13-8-4-6-10-15(13)16-11-7-5-9-14(16)12-17-18(2)3/h4-11H,12H2,1-3H3. The van der Waals surface area contributed by atoms with Gasteiger partial charge in [-0.15, -0.1) is 0 Å². The second kappa shape index (κ2) is 5.98. The molecule has 1 radical (unpaired) electrons. The van der Waals surface area contributed by atoms with Crippen LogP contribution in [0.4, 0.5) is 0 Å². The molecule has 93 valence electrons. The van der Waals surface area contributed by atoms with Crippen molar-refractivity contribution in [3.8, 4) is 11.1 Å². The van der Waals surface area contributed by atoms with Crippen LogP contribution in [0.15, 0.2) is 48.5 Å². The Balaban J connectivity index is 2.36. The van der Waals surface area contributed by atoms with Gasteiger partial charge in [-0.25, -0.2) is 0 Å². The molecule has 18 heavy (non-hydrogen) atoms. The molecule has 0 N–H and O–H groups in total. The molecule has 0 aliphatic heterocycles. The van der Waals surface area contributed by atoms with E-state index >= 15 is 0 Å². The van der Waals surface area contributed by atoms with Gasteiger partial charge in [0, 0.05) is 0 Å². The summed E-state index contributed by atoms with van der Waals surface area (Å²) in [6, 6.07) is 17.0. The quantitative estimate of drug-likeness (QED) is 0.734. The van der Waals surface area contributed by atoms with Gasteiger partial charge in [-0.3, -0.25) is 0 Å². The van der Waals surface area contributed by atoms with E-state index in [1.54, 1.807) is 0 Å². The van der Waals surface area contributed by atoms with Crippen molar-refractivity contribution < 1.29 is 4.43 Å². The molecular weight excluding hydrogens is 236 g/mol. The highest BCUT2D eigenvalue weighted by molar-refractivity contribution is 6.48. The summed E-state index contributed by atoms with van der Waals surface area (Å²) in [5, 5.41) is 0. The second-order valence-corrected chi connectivity index (χ2v) is 6.77. The molecule has 1 nitrogen and oxygen atoms in total. The van der Waals surface area contributed by atoms with Gasteiger partial charge < -0.3 is 4.43 Å². The van der Waals surface area contributed by atoms with Gasteiger partial charge in [0.15, 0.2) is 0 Å². The van der Waals surface area contributed by atoms with Crippen molar-refractivity contribution in [2.45, 2.75) is 26.6 Å². The SMILES string of the molecule is Cc1ccccc1-c1ccccc1CO[Si](C)C. The van der Waals surface area contributed by atoms with Crippen LogP contribution in [0.1, 0.15) is 11.1 Å². The van der Waals surface area contributed by atoms with Gasteiger partial charge >= 0.3 is 0 Å². The average molecular weight is 255 g/mol. The highest BCUT2D eigenvalue weighted by Gasteiger charge is 2.07. The Morgan fingerprint density at radius 2 is 1.50 bits per heavy atom. The average Bonchev–Trinajstić information content (AvgIpc) is 2.37. The number of hydrogen-bond acceptors (Lipinski definition) is 1. The number of hydrogen-bond donors (Lipinski definition) is 0. The predicted octanol–water partition coefficient (Wildman–Crippen LogP) is 4.43. The molecule has 2 heteroatoms. The van der Waals surface area contributed by atoms with Crippen LogP contribution in [-0.2, 0) is 11.0 Å². The van der Waals surface area contributed by atoms with Gasteiger partial charge in [0.05, 0.1) is 6.61 Å². The minimum Gasteiger partial charge on any atom is -0.413 e. The maximum Gasteiger partial charge on any atom is 0.205 e.